The summed E-state index contributed by atoms with van der Waals surface area (Å²) in [4.78, 5) is 14.7. The predicted octanol–water partition coefficient (Wildman–Crippen LogP) is 2.76. The Morgan fingerprint density at radius 2 is 2.14 bits per heavy atom. The molecule has 1 aromatic heterocycles. The molecule has 0 unspecified atom stereocenters. The molecule has 1 aromatic carbocycles. The quantitative estimate of drug-likeness (QED) is 0.923. The highest BCUT2D eigenvalue weighted by atomic mass is 16.1. The molecule has 1 amide bonds. The molecule has 0 bridgehead atoms. The third kappa shape index (κ3) is 3.47. The molecule has 5 nitrogen and oxygen atoms in total. The Balaban J connectivity index is 1.62. The standard InChI is InChI=1S/C17H22N4O/c1-14(13-21-11-5-8-18-21)17(22)19-15-6-4-7-16(12-15)20-9-2-3-10-20/h4-8,11-12,14H,2-3,9-10,13H2,1H3,(H,19,22)/t14-/m0/s1. The van der Waals surface area contributed by atoms with Gasteiger partial charge in [-0.25, -0.2) is 0 Å². The van der Waals surface area contributed by atoms with E-state index in [0.717, 1.165) is 18.8 Å². The maximum atomic E-state index is 12.3. The highest BCUT2D eigenvalue weighted by Crippen LogP contribution is 2.23. The average Bonchev–Trinajstić information content (AvgIpc) is 3.21. The van der Waals surface area contributed by atoms with Crippen molar-refractivity contribution in [2.45, 2.75) is 26.3 Å². The fraction of sp³-hybridized carbons (Fsp3) is 0.412. The summed E-state index contributed by atoms with van der Waals surface area (Å²) in [5, 5.41) is 7.15. The van der Waals surface area contributed by atoms with Crippen molar-refractivity contribution < 1.29 is 4.79 Å². The fourth-order valence-corrected chi connectivity index (χ4v) is 2.79. The number of carbonyl (C=O) groups is 1. The zero-order valence-electron chi connectivity index (χ0n) is 12.9. The van der Waals surface area contributed by atoms with Crippen LogP contribution in [0.4, 0.5) is 11.4 Å². The first-order chi connectivity index (χ1) is 10.7. The molecule has 1 aliphatic heterocycles. The summed E-state index contributed by atoms with van der Waals surface area (Å²) in [6, 6.07) is 9.97. The number of anilines is 2. The average molecular weight is 298 g/mol. The highest BCUT2D eigenvalue weighted by molar-refractivity contribution is 5.92. The molecule has 2 heterocycles. The van der Waals surface area contributed by atoms with Gasteiger partial charge in [-0.15, -0.1) is 0 Å². The first-order valence-corrected chi connectivity index (χ1v) is 7.86. The summed E-state index contributed by atoms with van der Waals surface area (Å²) >= 11 is 0. The molecule has 2 aromatic rings. The molecule has 116 valence electrons. The van der Waals surface area contributed by atoms with Gasteiger partial charge in [0.25, 0.3) is 0 Å². The van der Waals surface area contributed by atoms with Gasteiger partial charge in [-0.2, -0.15) is 5.10 Å². The first kappa shape index (κ1) is 14.6. The monoisotopic (exact) mass is 298 g/mol. The van der Waals surface area contributed by atoms with Crippen molar-refractivity contribution in [3.8, 4) is 0 Å². The van der Waals surface area contributed by atoms with Crippen LogP contribution >= 0.6 is 0 Å². The van der Waals surface area contributed by atoms with E-state index in [1.54, 1.807) is 10.9 Å². The van der Waals surface area contributed by atoms with Crippen molar-refractivity contribution >= 4 is 17.3 Å². The van der Waals surface area contributed by atoms with E-state index in [0.29, 0.717) is 6.54 Å². The summed E-state index contributed by atoms with van der Waals surface area (Å²) in [5.41, 5.74) is 2.05. The number of rotatable bonds is 5. The van der Waals surface area contributed by atoms with Gasteiger partial charge in [-0.3, -0.25) is 9.48 Å². The van der Waals surface area contributed by atoms with Crippen LogP contribution in [0.15, 0.2) is 42.7 Å². The lowest BCUT2D eigenvalue weighted by molar-refractivity contribution is -0.119. The molecule has 0 saturated carbocycles. The van der Waals surface area contributed by atoms with Crippen molar-refractivity contribution in [2.75, 3.05) is 23.3 Å². The third-order valence-electron chi connectivity index (χ3n) is 4.05. The Morgan fingerprint density at radius 1 is 1.32 bits per heavy atom. The zero-order chi connectivity index (χ0) is 15.4. The van der Waals surface area contributed by atoms with E-state index >= 15 is 0 Å². The Bertz CT molecular complexity index is 617. The number of benzene rings is 1. The normalized spacial score (nSPS) is 15.8. The number of carbonyl (C=O) groups excluding carboxylic acids is 1. The van der Waals surface area contributed by atoms with Gasteiger partial charge in [0, 0.05) is 36.9 Å². The van der Waals surface area contributed by atoms with E-state index in [9.17, 15) is 4.79 Å². The Kier molecular flexibility index (Phi) is 4.42. The van der Waals surface area contributed by atoms with E-state index in [-0.39, 0.29) is 11.8 Å². The Morgan fingerprint density at radius 3 is 2.86 bits per heavy atom. The molecular weight excluding hydrogens is 276 g/mol. The van der Waals surface area contributed by atoms with Crippen molar-refractivity contribution in [2.24, 2.45) is 5.92 Å². The van der Waals surface area contributed by atoms with Crippen LogP contribution in [0.1, 0.15) is 19.8 Å². The van der Waals surface area contributed by atoms with Crippen molar-refractivity contribution in [3.63, 3.8) is 0 Å². The van der Waals surface area contributed by atoms with Crippen LogP contribution in [0.3, 0.4) is 0 Å². The second kappa shape index (κ2) is 6.64. The predicted molar refractivity (Wildman–Crippen MR) is 87.9 cm³/mol. The Labute approximate surface area is 130 Å². The first-order valence-electron chi connectivity index (χ1n) is 7.86. The fourth-order valence-electron chi connectivity index (χ4n) is 2.79. The summed E-state index contributed by atoms with van der Waals surface area (Å²) in [7, 11) is 0. The van der Waals surface area contributed by atoms with Gasteiger partial charge in [0.1, 0.15) is 0 Å². The second-order valence-corrected chi connectivity index (χ2v) is 5.86. The molecule has 0 aliphatic carbocycles. The number of aromatic nitrogens is 2. The minimum atomic E-state index is -0.129. The molecule has 0 spiro atoms. The molecule has 1 atom stereocenters. The van der Waals surface area contributed by atoms with Gasteiger partial charge >= 0.3 is 0 Å². The third-order valence-corrected chi connectivity index (χ3v) is 4.05. The van der Waals surface area contributed by atoms with Crippen LogP contribution in [-0.4, -0.2) is 28.8 Å². The van der Waals surface area contributed by atoms with Crippen LogP contribution in [-0.2, 0) is 11.3 Å². The minimum Gasteiger partial charge on any atom is -0.371 e. The molecule has 22 heavy (non-hydrogen) atoms. The van der Waals surface area contributed by atoms with Crippen molar-refractivity contribution in [3.05, 3.63) is 42.7 Å². The summed E-state index contributed by atoms with van der Waals surface area (Å²) in [6.07, 6.45) is 6.09. The molecule has 1 aliphatic rings. The highest BCUT2D eigenvalue weighted by Gasteiger charge is 2.16. The maximum Gasteiger partial charge on any atom is 0.229 e. The smallest absolute Gasteiger partial charge is 0.229 e. The number of hydrogen-bond donors (Lipinski definition) is 1. The molecule has 1 fully saturated rings. The Hall–Kier alpha value is -2.30. The molecule has 1 saturated heterocycles. The zero-order valence-corrected chi connectivity index (χ0v) is 12.9. The molecule has 3 rings (SSSR count). The lowest BCUT2D eigenvalue weighted by Crippen LogP contribution is -2.25. The summed E-state index contributed by atoms with van der Waals surface area (Å²) in [6.45, 7) is 4.71. The van der Waals surface area contributed by atoms with Crippen LogP contribution < -0.4 is 10.2 Å². The number of nitrogens with zero attached hydrogens (tertiary/aromatic N) is 3. The molecule has 1 N–H and O–H groups in total. The molecular formula is C17H22N4O. The number of amides is 1. The second-order valence-electron chi connectivity index (χ2n) is 5.86. The molecule has 0 radical (unpaired) electrons. The van der Waals surface area contributed by atoms with Gasteiger partial charge in [0.05, 0.1) is 12.5 Å². The van der Waals surface area contributed by atoms with Gasteiger partial charge in [0.2, 0.25) is 5.91 Å². The van der Waals surface area contributed by atoms with E-state index in [1.165, 1.54) is 18.5 Å². The lowest BCUT2D eigenvalue weighted by Gasteiger charge is -2.19. The van der Waals surface area contributed by atoms with Crippen LogP contribution in [0.5, 0.6) is 0 Å². The van der Waals surface area contributed by atoms with Gasteiger partial charge in [-0.05, 0) is 37.1 Å². The minimum absolute atomic E-state index is 0.0223. The van der Waals surface area contributed by atoms with E-state index in [4.69, 9.17) is 0 Å². The SMILES string of the molecule is C[C@@H](Cn1cccn1)C(=O)Nc1cccc(N2CCCC2)c1. The topological polar surface area (TPSA) is 50.2 Å². The van der Waals surface area contributed by atoms with Gasteiger partial charge in [0.15, 0.2) is 0 Å². The van der Waals surface area contributed by atoms with E-state index < -0.39 is 0 Å². The van der Waals surface area contributed by atoms with Crippen molar-refractivity contribution in [1.82, 2.24) is 9.78 Å². The van der Waals surface area contributed by atoms with Crippen LogP contribution in [0.25, 0.3) is 0 Å². The van der Waals surface area contributed by atoms with E-state index in [2.05, 4.69) is 27.4 Å². The molecule has 5 heteroatoms. The number of nitrogens with one attached hydrogen (secondary N) is 1. The van der Waals surface area contributed by atoms with Crippen LogP contribution in [0.2, 0.25) is 0 Å². The van der Waals surface area contributed by atoms with E-state index in [1.807, 2.05) is 31.3 Å². The lowest BCUT2D eigenvalue weighted by atomic mass is 10.1. The van der Waals surface area contributed by atoms with Gasteiger partial charge < -0.3 is 10.2 Å². The number of hydrogen-bond acceptors (Lipinski definition) is 3. The van der Waals surface area contributed by atoms with Crippen LogP contribution in [0, 0.1) is 5.92 Å². The summed E-state index contributed by atoms with van der Waals surface area (Å²) in [5.74, 6) is -0.107. The van der Waals surface area contributed by atoms with Gasteiger partial charge in [-0.1, -0.05) is 13.0 Å². The summed E-state index contributed by atoms with van der Waals surface area (Å²) < 4.78 is 1.78. The van der Waals surface area contributed by atoms with Crippen molar-refractivity contribution in [1.29, 1.82) is 0 Å². The maximum absolute atomic E-state index is 12.3. The largest absolute Gasteiger partial charge is 0.371 e.